The van der Waals surface area contributed by atoms with Gasteiger partial charge in [0.2, 0.25) is 0 Å². The first-order valence-electron chi connectivity index (χ1n) is 9.02. The summed E-state index contributed by atoms with van der Waals surface area (Å²) in [4.78, 5) is 17.3. The molecule has 1 heterocycles. The van der Waals surface area contributed by atoms with E-state index in [9.17, 15) is 4.79 Å². The number of nitrogens with two attached hydrogens (primary N) is 2. The molecule has 1 fully saturated rings. The van der Waals surface area contributed by atoms with E-state index in [2.05, 4.69) is 16.4 Å². The van der Waals surface area contributed by atoms with Gasteiger partial charge < -0.3 is 16.8 Å². The summed E-state index contributed by atoms with van der Waals surface area (Å²) >= 11 is 1.60. The molecule has 0 aliphatic heterocycles. The zero-order chi connectivity index (χ0) is 19.0. The molecule has 5 N–H and O–H groups in total. The van der Waals surface area contributed by atoms with Crippen LogP contribution in [0.25, 0.3) is 10.6 Å². The second-order valence-corrected chi connectivity index (χ2v) is 7.90. The van der Waals surface area contributed by atoms with Crippen molar-refractivity contribution in [2.75, 3.05) is 11.5 Å². The molecule has 1 aromatic heterocycles. The summed E-state index contributed by atoms with van der Waals surface area (Å²) in [6.07, 6.45) is 3.93. The minimum absolute atomic E-state index is 0.136. The Morgan fingerprint density at radius 3 is 2.78 bits per heavy atom. The lowest BCUT2D eigenvalue weighted by molar-refractivity contribution is 0.0939. The van der Waals surface area contributed by atoms with Gasteiger partial charge in [-0.1, -0.05) is 18.2 Å². The van der Waals surface area contributed by atoms with Crippen LogP contribution in [0, 0.1) is 0 Å². The quantitative estimate of drug-likeness (QED) is 0.576. The summed E-state index contributed by atoms with van der Waals surface area (Å²) in [6, 6.07) is 11.4. The van der Waals surface area contributed by atoms with Crippen LogP contribution in [0.1, 0.15) is 53.2 Å². The molecule has 1 saturated carbocycles. The van der Waals surface area contributed by atoms with Crippen LogP contribution in [-0.2, 0) is 0 Å². The van der Waals surface area contributed by atoms with Gasteiger partial charge >= 0.3 is 0 Å². The predicted octanol–water partition coefficient (Wildman–Crippen LogP) is 4.34. The molecule has 5 nitrogen and oxygen atoms in total. The predicted molar refractivity (Wildman–Crippen MR) is 111 cm³/mol. The average molecular weight is 379 g/mol. The highest BCUT2D eigenvalue weighted by atomic mass is 32.1. The normalized spacial score (nSPS) is 14.7. The lowest BCUT2D eigenvalue weighted by atomic mass is 9.98. The molecule has 1 aliphatic carbocycles. The Balaban J connectivity index is 1.58. The summed E-state index contributed by atoms with van der Waals surface area (Å²) in [5.41, 5.74) is 16.8. The molecule has 27 heavy (non-hydrogen) atoms. The second kappa shape index (κ2) is 7.04. The molecular formula is C21H22N4OS. The molecule has 0 saturated heterocycles. The van der Waals surface area contributed by atoms with Crippen LogP contribution in [0.4, 0.5) is 11.4 Å². The van der Waals surface area contributed by atoms with Crippen LogP contribution >= 0.6 is 11.3 Å². The second-order valence-electron chi connectivity index (χ2n) is 7.00. The fraction of sp³-hybridized carbons (Fsp3) is 0.238. The van der Waals surface area contributed by atoms with E-state index in [1.54, 1.807) is 29.7 Å². The molecule has 1 atom stereocenters. The molecule has 1 amide bonds. The third kappa shape index (κ3) is 3.66. The van der Waals surface area contributed by atoms with Crippen molar-refractivity contribution in [3.63, 3.8) is 0 Å². The van der Waals surface area contributed by atoms with E-state index in [0.29, 0.717) is 22.9 Å². The van der Waals surface area contributed by atoms with Crippen LogP contribution in [-0.4, -0.2) is 10.9 Å². The molecular weight excluding hydrogens is 356 g/mol. The Morgan fingerprint density at radius 1 is 1.26 bits per heavy atom. The highest BCUT2D eigenvalue weighted by molar-refractivity contribution is 7.13. The van der Waals surface area contributed by atoms with Gasteiger partial charge in [0.25, 0.3) is 5.91 Å². The number of carbonyl (C=O) groups excluding carboxylic acids is 1. The van der Waals surface area contributed by atoms with Gasteiger partial charge in [0.15, 0.2) is 0 Å². The van der Waals surface area contributed by atoms with Crippen LogP contribution in [0.15, 0.2) is 48.0 Å². The number of amides is 1. The fourth-order valence-electron chi connectivity index (χ4n) is 3.38. The van der Waals surface area contributed by atoms with E-state index in [0.717, 1.165) is 34.5 Å². The maximum absolute atomic E-state index is 13.0. The van der Waals surface area contributed by atoms with E-state index < -0.39 is 0 Å². The van der Waals surface area contributed by atoms with Crippen LogP contribution < -0.4 is 16.8 Å². The van der Waals surface area contributed by atoms with Gasteiger partial charge in [-0.3, -0.25) is 4.79 Å². The summed E-state index contributed by atoms with van der Waals surface area (Å²) < 4.78 is 0. The minimum Gasteiger partial charge on any atom is -0.399 e. The van der Waals surface area contributed by atoms with Gasteiger partial charge in [-0.15, -0.1) is 11.3 Å². The highest BCUT2D eigenvalue weighted by Gasteiger charge is 2.30. The molecule has 6 heteroatoms. The molecule has 138 valence electrons. The molecule has 0 bridgehead atoms. The maximum Gasteiger partial charge on any atom is 0.252 e. The van der Waals surface area contributed by atoms with Crippen molar-refractivity contribution in [1.29, 1.82) is 0 Å². The lowest BCUT2D eigenvalue weighted by Gasteiger charge is -2.18. The Labute approximate surface area is 162 Å². The summed E-state index contributed by atoms with van der Waals surface area (Å²) in [7, 11) is 0. The van der Waals surface area contributed by atoms with Crippen LogP contribution in [0.2, 0.25) is 0 Å². The summed E-state index contributed by atoms with van der Waals surface area (Å²) in [6.45, 7) is 1.98. The number of benzene rings is 2. The molecule has 4 rings (SSSR count). The van der Waals surface area contributed by atoms with E-state index >= 15 is 0 Å². The number of nitrogen functional groups attached to an aromatic ring is 2. The average Bonchev–Trinajstić information content (AvgIpc) is 3.32. The number of hydrogen-bond acceptors (Lipinski definition) is 5. The van der Waals surface area contributed by atoms with Crippen molar-refractivity contribution >= 4 is 28.6 Å². The number of aromatic nitrogens is 1. The Bertz CT molecular complexity index is 980. The minimum atomic E-state index is -0.146. The van der Waals surface area contributed by atoms with Crippen molar-refractivity contribution in [1.82, 2.24) is 10.3 Å². The van der Waals surface area contributed by atoms with Crippen molar-refractivity contribution in [2.24, 2.45) is 0 Å². The smallest absolute Gasteiger partial charge is 0.252 e. The number of nitrogens with one attached hydrogen (secondary N) is 1. The number of hydrogen-bond donors (Lipinski definition) is 3. The topological polar surface area (TPSA) is 94.0 Å². The van der Waals surface area contributed by atoms with Crippen LogP contribution in [0.3, 0.4) is 0 Å². The van der Waals surface area contributed by atoms with Gasteiger partial charge in [-0.25, -0.2) is 4.98 Å². The maximum atomic E-state index is 13.0. The number of rotatable bonds is 5. The third-order valence-electron chi connectivity index (χ3n) is 4.88. The van der Waals surface area contributed by atoms with Crippen molar-refractivity contribution in [3.8, 4) is 10.6 Å². The monoisotopic (exact) mass is 378 g/mol. The molecule has 2 aromatic carbocycles. The lowest BCUT2D eigenvalue weighted by Crippen LogP contribution is -2.28. The van der Waals surface area contributed by atoms with E-state index in [1.165, 1.54) is 0 Å². The van der Waals surface area contributed by atoms with Gasteiger partial charge in [-0.05, 0) is 55.0 Å². The number of carbonyl (C=O) groups is 1. The van der Waals surface area contributed by atoms with Gasteiger partial charge in [0.05, 0.1) is 6.04 Å². The SMILES string of the molecule is CC(NC(=O)c1cc(N)cc(N)c1C1CC1)c1cccc(-c2nccs2)c1. The number of thiazole rings is 1. The number of nitrogens with zero attached hydrogens (tertiary/aromatic N) is 1. The van der Waals surface area contributed by atoms with Gasteiger partial charge in [-0.2, -0.15) is 0 Å². The largest absolute Gasteiger partial charge is 0.399 e. The van der Waals surface area contributed by atoms with E-state index in [1.807, 2.05) is 30.5 Å². The van der Waals surface area contributed by atoms with Crippen molar-refractivity contribution in [3.05, 3.63) is 64.7 Å². The van der Waals surface area contributed by atoms with E-state index in [-0.39, 0.29) is 11.9 Å². The van der Waals surface area contributed by atoms with Gasteiger partial charge in [0, 0.05) is 34.1 Å². The van der Waals surface area contributed by atoms with Gasteiger partial charge in [0.1, 0.15) is 5.01 Å². The molecule has 1 unspecified atom stereocenters. The standard InChI is InChI=1S/C21H22N4OS/c1-12(14-3-2-4-15(9-14)21-24-7-8-27-21)25-20(26)17-10-16(22)11-18(23)19(17)13-5-6-13/h2-4,7-13H,5-6,22-23H2,1H3,(H,25,26). The Hall–Kier alpha value is -2.86. The first-order valence-corrected chi connectivity index (χ1v) is 9.90. The first-order chi connectivity index (χ1) is 13.0. The first kappa shape index (κ1) is 17.5. The highest BCUT2D eigenvalue weighted by Crippen LogP contribution is 2.45. The van der Waals surface area contributed by atoms with E-state index in [4.69, 9.17) is 11.5 Å². The number of anilines is 2. The zero-order valence-corrected chi connectivity index (χ0v) is 15.9. The third-order valence-corrected chi connectivity index (χ3v) is 5.70. The summed E-state index contributed by atoms with van der Waals surface area (Å²) in [5, 5.41) is 6.02. The molecule has 3 aromatic rings. The Morgan fingerprint density at radius 2 is 2.07 bits per heavy atom. The van der Waals surface area contributed by atoms with Crippen molar-refractivity contribution in [2.45, 2.75) is 31.7 Å². The Kier molecular flexibility index (Phi) is 4.58. The summed E-state index contributed by atoms with van der Waals surface area (Å²) in [5.74, 6) is 0.234. The van der Waals surface area contributed by atoms with Crippen LogP contribution in [0.5, 0.6) is 0 Å². The zero-order valence-electron chi connectivity index (χ0n) is 15.1. The molecule has 0 spiro atoms. The molecule has 0 radical (unpaired) electrons. The molecule has 1 aliphatic rings. The fourth-order valence-corrected chi connectivity index (χ4v) is 4.01. The van der Waals surface area contributed by atoms with Crippen molar-refractivity contribution < 1.29 is 4.79 Å².